The SMILES string of the molecule is O=C(NC1CCS(=O)(=O)C1)c1ccn(-c2ccccc2)n1. The molecule has 1 unspecified atom stereocenters. The Morgan fingerprint density at radius 1 is 1.24 bits per heavy atom. The van der Waals surface area contributed by atoms with Crippen molar-refractivity contribution in [2.75, 3.05) is 11.5 Å². The monoisotopic (exact) mass is 305 g/mol. The molecule has 1 N–H and O–H groups in total. The lowest BCUT2D eigenvalue weighted by Crippen LogP contribution is -2.35. The highest BCUT2D eigenvalue weighted by molar-refractivity contribution is 7.91. The van der Waals surface area contributed by atoms with E-state index in [1.807, 2.05) is 30.3 Å². The van der Waals surface area contributed by atoms with Gasteiger partial charge in [-0.1, -0.05) is 18.2 Å². The minimum absolute atomic E-state index is 0.0120. The Kier molecular flexibility index (Phi) is 3.50. The number of rotatable bonds is 3. The van der Waals surface area contributed by atoms with Gasteiger partial charge in [0.1, 0.15) is 0 Å². The average Bonchev–Trinajstić information content (AvgIpc) is 3.07. The first-order chi connectivity index (χ1) is 10.0. The number of nitrogens with zero attached hydrogens (tertiary/aromatic N) is 2. The van der Waals surface area contributed by atoms with Crippen molar-refractivity contribution in [1.29, 1.82) is 0 Å². The second kappa shape index (κ2) is 5.33. The fourth-order valence-electron chi connectivity index (χ4n) is 2.34. The lowest BCUT2D eigenvalue weighted by Gasteiger charge is -2.08. The summed E-state index contributed by atoms with van der Waals surface area (Å²) in [6.07, 6.45) is 2.17. The highest BCUT2D eigenvalue weighted by Crippen LogP contribution is 2.12. The topological polar surface area (TPSA) is 81.1 Å². The summed E-state index contributed by atoms with van der Waals surface area (Å²) >= 11 is 0. The number of sulfone groups is 1. The molecule has 0 bridgehead atoms. The van der Waals surface area contributed by atoms with E-state index in [2.05, 4.69) is 10.4 Å². The fraction of sp³-hybridized carbons (Fsp3) is 0.286. The molecule has 2 heterocycles. The van der Waals surface area contributed by atoms with Crippen LogP contribution >= 0.6 is 0 Å². The first-order valence-corrected chi connectivity index (χ1v) is 8.48. The molecule has 0 saturated carbocycles. The summed E-state index contributed by atoms with van der Waals surface area (Å²) in [6, 6.07) is 10.8. The summed E-state index contributed by atoms with van der Waals surface area (Å²) in [7, 11) is -3.00. The Hall–Kier alpha value is -2.15. The molecule has 0 aliphatic carbocycles. The number of nitrogens with one attached hydrogen (secondary N) is 1. The van der Waals surface area contributed by atoms with Gasteiger partial charge in [0, 0.05) is 12.2 Å². The smallest absolute Gasteiger partial charge is 0.272 e. The molecule has 7 heteroatoms. The van der Waals surface area contributed by atoms with Crippen molar-refractivity contribution in [3.63, 3.8) is 0 Å². The van der Waals surface area contributed by atoms with Crippen LogP contribution < -0.4 is 5.32 Å². The minimum atomic E-state index is -3.00. The zero-order valence-corrected chi connectivity index (χ0v) is 12.1. The quantitative estimate of drug-likeness (QED) is 0.909. The largest absolute Gasteiger partial charge is 0.347 e. The zero-order chi connectivity index (χ0) is 14.9. The lowest BCUT2D eigenvalue weighted by molar-refractivity contribution is 0.0935. The molecular weight excluding hydrogens is 290 g/mol. The molecule has 1 saturated heterocycles. The van der Waals surface area contributed by atoms with Crippen molar-refractivity contribution in [1.82, 2.24) is 15.1 Å². The van der Waals surface area contributed by atoms with Crippen LogP contribution in [0, 0.1) is 0 Å². The first kappa shape index (κ1) is 13.8. The van der Waals surface area contributed by atoms with Crippen molar-refractivity contribution in [3.8, 4) is 5.69 Å². The minimum Gasteiger partial charge on any atom is -0.347 e. The van der Waals surface area contributed by atoms with Crippen LogP contribution in [0.15, 0.2) is 42.6 Å². The van der Waals surface area contributed by atoms with Crippen molar-refractivity contribution >= 4 is 15.7 Å². The second-order valence-electron chi connectivity index (χ2n) is 5.05. The third-order valence-corrected chi connectivity index (χ3v) is 5.18. The molecule has 1 fully saturated rings. The van der Waals surface area contributed by atoms with Gasteiger partial charge >= 0.3 is 0 Å². The van der Waals surface area contributed by atoms with Crippen LogP contribution in [-0.4, -0.2) is 41.7 Å². The molecule has 1 atom stereocenters. The van der Waals surface area contributed by atoms with Crippen LogP contribution in [0.1, 0.15) is 16.9 Å². The Balaban J connectivity index is 1.70. The predicted molar refractivity (Wildman–Crippen MR) is 78.1 cm³/mol. The average molecular weight is 305 g/mol. The Morgan fingerprint density at radius 3 is 2.67 bits per heavy atom. The van der Waals surface area contributed by atoms with Gasteiger partial charge in [-0.05, 0) is 24.6 Å². The first-order valence-electron chi connectivity index (χ1n) is 6.66. The Bertz CT molecular complexity index is 753. The molecule has 2 aromatic rings. The predicted octanol–water partition coefficient (Wildman–Crippen LogP) is 0.789. The van der Waals surface area contributed by atoms with Crippen molar-refractivity contribution in [2.24, 2.45) is 0 Å². The molecule has 3 rings (SSSR count). The molecule has 1 aromatic heterocycles. The lowest BCUT2D eigenvalue weighted by atomic mass is 10.2. The van der Waals surface area contributed by atoms with Crippen molar-refractivity contribution in [3.05, 3.63) is 48.3 Å². The van der Waals surface area contributed by atoms with Crippen molar-refractivity contribution in [2.45, 2.75) is 12.5 Å². The van der Waals surface area contributed by atoms with Crippen LogP contribution in [-0.2, 0) is 9.84 Å². The highest BCUT2D eigenvalue weighted by Gasteiger charge is 2.29. The molecular formula is C14H15N3O3S. The van der Waals surface area contributed by atoms with E-state index in [1.165, 1.54) is 0 Å². The van der Waals surface area contributed by atoms with E-state index in [0.717, 1.165) is 5.69 Å². The number of aromatic nitrogens is 2. The van der Waals surface area contributed by atoms with Crippen LogP contribution in [0.3, 0.4) is 0 Å². The maximum Gasteiger partial charge on any atom is 0.272 e. The van der Waals surface area contributed by atoms with E-state index in [-0.39, 0.29) is 29.1 Å². The summed E-state index contributed by atoms with van der Waals surface area (Å²) in [5.41, 5.74) is 1.14. The molecule has 1 aliphatic rings. The van der Waals surface area contributed by atoms with Crippen LogP contribution in [0.5, 0.6) is 0 Å². The van der Waals surface area contributed by atoms with Crippen molar-refractivity contribution < 1.29 is 13.2 Å². The van der Waals surface area contributed by atoms with E-state index in [9.17, 15) is 13.2 Å². The number of hydrogen-bond acceptors (Lipinski definition) is 4. The summed E-state index contributed by atoms with van der Waals surface area (Å²) in [6.45, 7) is 0. The van der Waals surface area contributed by atoms with E-state index in [4.69, 9.17) is 0 Å². The number of benzene rings is 1. The van der Waals surface area contributed by atoms with Crippen LogP contribution in [0.2, 0.25) is 0 Å². The van der Waals surface area contributed by atoms with Gasteiger partial charge in [-0.25, -0.2) is 13.1 Å². The Morgan fingerprint density at radius 2 is 2.00 bits per heavy atom. The molecule has 0 radical (unpaired) electrons. The number of amides is 1. The normalized spacial score (nSPS) is 20.3. The van der Waals surface area contributed by atoms with E-state index < -0.39 is 9.84 Å². The number of para-hydroxylation sites is 1. The molecule has 0 spiro atoms. The summed E-state index contributed by atoms with van der Waals surface area (Å²) in [4.78, 5) is 12.1. The van der Waals surface area contributed by atoms with Gasteiger partial charge in [0.05, 0.1) is 17.2 Å². The number of carbonyl (C=O) groups is 1. The molecule has 1 amide bonds. The second-order valence-corrected chi connectivity index (χ2v) is 7.28. The third kappa shape index (κ3) is 3.13. The Labute approximate surface area is 122 Å². The third-order valence-electron chi connectivity index (χ3n) is 3.41. The van der Waals surface area contributed by atoms with E-state index in [0.29, 0.717) is 6.42 Å². The van der Waals surface area contributed by atoms with E-state index >= 15 is 0 Å². The van der Waals surface area contributed by atoms with Crippen LogP contribution in [0.4, 0.5) is 0 Å². The maximum absolute atomic E-state index is 12.1. The van der Waals surface area contributed by atoms with Gasteiger partial charge in [0.25, 0.3) is 5.91 Å². The molecule has 6 nitrogen and oxygen atoms in total. The number of carbonyl (C=O) groups excluding carboxylic acids is 1. The van der Waals surface area contributed by atoms with Gasteiger partial charge in [-0.3, -0.25) is 4.79 Å². The summed E-state index contributed by atoms with van der Waals surface area (Å²) < 4.78 is 24.4. The fourth-order valence-corrected chi connectivity index (χ4v) is 4.01. The summed E-state index contributed by atoms with van der Waals surface area (Å²) in [5, 5.41) is 6.94. The number of hydrogen-bond donors (Lipinski definition) is 1. The standard InChI is InChI=1S/C14H15N3O3S/c18-14(15-11-7-9-21(19,20)10-11)13-6-8-17(16-13)12-4-2-1-3-5-12/h1-6,8,11H,7,9-10H2,(H,15,18). The van der Waals surface area contributed by atoms with Gasteiger partial charge in [0.15, 0.2) is 15.5 Å². The van der Waals surface area contributed by atoms with Gasteiger partial charge in [-0.15, -0.1) is 0 Å². The molecule has 1 aliphatic heterocycles. The zero-order valence-electron chi connectivity index (χ0n) is 11.3. The van der Waals surface area contributed by atoms with Gasteiger partial charge < -0.3 is 5.32 Å². The van der Waals surface area contributed by atoms with Crippen LogP contribution in [0.25, 0.3) is 5.69 Å². The highest BCUT2D eigenvalue weighted by atomic mass is 32.2. The maximum atomic E-state index is 12.1. The van der Waals surface area contributed by atoms with E-state index in [1.54, 1.807) is 16.9 Å². The molecule has 1 aromatic carbocycles. The summed E-state index contributed by atoms with van der Waals surface area (Å²) in [5.74, 6) is -0.194. The van der Waals surface area contributed by atoms with Gasteiger partial charge in [-0.2, -0.15) is 5.10 Å². The molecule has 21 heavy (non-hydrogen) atoms. The molecule has 110 valence electrons. The van der Waals surface area contributed by atoms with Gasteiger partial charge in [0.2, 0.25) is 0 Å².